The highest BCUT2D eigenvalue weighted by Gasteiger charge is 2.14. The predicted molar refractivity (Wildman–Crippen MR) is 71.5 cm³/mol. The van der Waals surface area contributed by atoms with Crippen LogP contribution < -0.4 is 10.9 Å². The number of nitrogen functional groups attached to an aromatic ring is 1. The molecule has 0 spiro atoms. The zero-order valence-corrected chi connectivity index (χ0v) is 11.5. The first-order valence-corrected chi connectivity index (χ1v) is 7.54. The van der Waals surface area contributed by atoms with Gasteiger partial charge in [0, 0.05) is 22.9 Å². The lowest BCUT2D eigenvalue weighted by Crippen LogP contribution is -2.16. The van der Waals surface area contributed by atoms with Gasteiger partial charge in [0.05, 0.1) is 4.90 Å². The molecule has 0 fully saturated rings. The molecule has 0 saturated carbocycles. The summed E-state index contributed by atoms with van der Waals surface area (Å²) in [5, 5.41) is 5.15. The molecule has 0 aliphatic carbocycles. The Morgan fingerprint density at radius 3 is 2.53 bits per heavy atom. The van der Waals surface area contributed by atoms with Gasteiger partial charge in [-0.1, -0.05) is 0 Å². The van der Waals surface area contributed by atoms with E-state index in [9.17, 15) is 8.42 Å². The largest absolute Gasteiger partial charge is 0.399 e. The number of benzene rings is 1. The van der Waals surface area contributed by atoms with Crippen LogP contribution in [-0.4, -0.2) is 39.7 Å². The third-order valence-corrected chi connectivity index (χ3v) is 4.20. The van der Waals surface area contributed by atoms with Gasteiger partial charge >= 0.3 is 0 Å². The normalized spacial score (nSPS) is 12.0. The summed E-state index contributed by atoms with van der Waals surface area (Å²) in [6, 6.07) is 4.76. The van der Waals surface area contributed by atoms with E-state index in [1.165, 1.54) is 17.8 Å². The van der Waals surface area contributed by atoms with E-state index in [-0.39, 0.29) is 4.90 Å². The van der Waals surface area contributed by atoms with Crippen LogP contribution in [-0.2, 0) is 10.0 Å². The maximum Gasteiger partial charge on any atom is 0.239 e. The molecule has 5 nitrogen and oxygen atoms in total. The van der Waals surface area contributed by atoms with Gasteiger partial charge in [-0.05, 0) is 32.3 Å². The highest BCUT2D eigenvalue weighted by atomic mass is 32.2. The third-order valence-electron chi connectivity index (χ3n) is 2.07. The number of nitrogens with zero attached hydrogens (tertiary/aromatic N) is 1. The fraction of sp³-hybridized carbons (Fsp3) is 0.400. The molecule has 0 aromatic heterocycles. The van der Waals surface area contributed by atoms with E-state index < -0.39 is 10.0 Å². The molecule has 7 heteroatoms. The molecule has 96 valence electrons. The fourth-order valence-corrected chi connectivity index (χ4v) is 3.42. The number of hydrogen-bond donors (Lipinski definition) is 2. The number of sulfonamides is 1. The van der Waals surface area contributed by atoms with E-state index in [0.717, 1.165) is 12.3 Å². The third kappa shape index (κ3) is 4.55. The Hall–Kier alpha value is -0.760. The van der Waals surface area contributed by atoms with Gasteiger partial charge in [0.2, 0.25) is 10.0 Å². The van der Waals surface area contributed by atoms with Crippen molar-refractivity contribution in [2.75, 3.05) is 32.1 Å². The van der Waals surface area contributed by atoms with Crippen molar-refractivity contribution < 1.29 is 8.42 Å². The number of thioether (sulfide) groups is 1. The maximum absolute atomic E-state index is 11.4. The molecule has 1 rings (SSSR count). The van der Waals surface area contributed by atoms with E-state index in [2.05, 4.69) is 0 Å². The number of hydrogen-bond acceptors (Lipinski definition) is 5. The van der Waals surface area contributed by atoms with Crippen molar-refractivity contribution in [3.05, 3.63) is 18.2 Å². The lowest BCUT2D eigenvalue weighted by molar-refractivity contribution is 0.437. The Bertz CT molecular complexity index is 486. The van der Waals surface area contributed by atoms with Gasteiger partial charge in [0.1, 0.15) is 0 Å². The van der Waals surface area contributed by atoms with Gasteiger partial charge in [0.15, 0.2) is 0 Å². The number of rotatable bonds is 5. The molecule has 0 aliphatic rings. The Balaban J connectivity index is 2.92. The number of anilines is 1. The summed E-state index contributed by atoms with van der Waals surface area (Å²) in [7, 11) is 0.204. The van der Waals surface area contributed by atoms with Crippen molar-refractivity contribution in [2.24, 2.45) is 5.14 Å². The van der Waals surface area contributed by atoms with Crippen LogP contribution in [0.5, 0.6) is 0 Å². The summed E-state index contributed by atoms with van der Waals surface area (Å²) in [5.74, 6) is 0.791. The molecule has 17 heavy (non-hydrogen) atoms. The monoisotopic (exact) mass is 275 g/mol. The smallest absolute Gasteiger partial charge is 0.239 e. The van der Waals surface area contributed by atoms with Gasteiger partial charge in [-0.3, -0.25) is 0 Å². The minimum atomic E-state index is -3.72. The minimum Gasteiger partial charge on any atom is -0.399 e. The second kappa shape index (κ2) is 5.72. The van der Waals surface area contributed by atoms with Crippen LogP contribution in [0.2, 0.25) is 0 Å². The molecule has 1 aromatic rings. The Labute approximate surface area is 106 Å². The van der Waals surface area contributed by atoms with Gasteiger partial charge in [-0.25, -0.2) is 13.6 Å². The number of primary sulfonamides is 1. The zero-order valence-electron chi connectivity index (χ0n) is 9.88. The minimum absolute atomic E-state index is 0.0984. The first-order chi connectivity index (χ1) is 7.80. The molecule has 0 unspecified atom stereocenters. The highest BCUT2D eigenvalue weighted by molar-refractivity contribution is 8.00. The molecule has 0 bridgehead atoms. The van der Waals surface area contributed by atoms with Crippen molar-refractivity contribution in [2.45, 2.75) is 9.79 Å². The summed E-state index contributed by atoms with van der Waals surface area (Å²) in [5.41, 5.74) is 5.96. The average Bonchev–Trinajstić information content (AvgIpc) is 2.18. The van der Waals surface area contributed by atoms with E-state index in [4.69, 9.17) is 10.9 Å². The molecule has 0 atom stereocenters. The van der Waals surface area contributed by atoms with Gasteiger partial charge in [0.25, 0.3) is 0 Å². The fourth-order valence-electron chi connectivity index (χ4n) is 1.20. The standard InChI is InChI=1S/C10H17N3O2S2/c1-13(2)5-6-16-9-4-3-8(11)7-10(9)17(12,14)15/h3-4,7H,5-6,11H2,1-2H3,(H2,12,14,15). The van der Waals surface area contributed by atoms with Crippen LogP contribution in [0.3, 0.4) is 0 Å². The van der Waals surface area contributed by atoms with E-state index in [1.807, 2.05) is 19.0 Å². The van der Waals surface area contributed by atoms with Crippen LogP contribution in [0.4, 0.5) is 5.69 Å². The first-order valence-electron chi connectivity index (χ1n) is 5.00. The SMILES string of the molecule is CN(C)CCSc1ccc(N)cc1S(N)(=O)=O. The molecule has 4 N–H and O–H groups in total. The van der Waals surface area contributed by atoms with Crippen LogP contribution in [0.25, 0.3) is 0 Å². The van der Waals surface area contributed by atoms with Crippen molar-refractivity contribution in [3.63, 3.8) is 0 Å². The van der Waals surface area contributed by atoms with Crippen molar-refractivity contribution >= 4 is 27.5 Å². The van der Waals surface area contributed by atoms with E-state index in [0.29, 0.717) is 10.6 Å². The van der Waals surface area contributed by atoms with Gasteiger partial charge < -0.3 is 10.6 Å². The second-order valence-electron chi connectivity index (χ2n) is 3.90. The number of nitrogens with two attached hydrogens (primary N) is 2. The van der Waals surface area contributed by atoms with Crippen LogP contribution in [0, 0.1) is 0 Å². The summed E-state index contributed by atoms with van der Waals surface area (Å²) in [6.45, 7) is 0.860. The zero-order chi connectivity index (χ0) is 13.1. The Morgan fingerprint density at radius 1 is 1.35 bits per heavy atom. The summed E-state index contributed by atoms with van der Waals surface area (Å²) in [4.78, 5) is 2.77. The van der Waals surface area contributed by atoms with Crippen molar-refractivity contribution in [1.29, 1.82) is 0 Å². The van der Waals surface area contributed by atoms with E-state index >= 15 is 0 Å². The van der Waals surface area contributed by atoms with E-state index in [1.54, 1.807) is 12.1 Å². The average molecular weight is 275 g/mol. The molecule has 0 aliphatic heterocycles. The summed E-state index contributed by atoms with van der Waals surface area (Å²) in [6.07, 6.45) is 0. The molecule has 0 heterocycles. The molecular weight excluding hydrogens is 258 g/mol. The van der Waals surface area contributed by atoms with Crippen molar-refractivity contribution in [3.8, 4) is 0 Å². The first kappa shape index (κ1) is 14.3. The predicted octanol–water partition coefficient (Wildman–Crippen LogP) is 0.570. The molecule has 0 saturated heterocycles. The lowest BCUT2D eigenvalue weighted by Gasteiger charge is -2.11. The van der Waals surface area contributed by atoms with Gasteiger partial charge in [-0.2, -0.15) is 0 Å². The van der Waals surface area contributed by atoms with Crippen molar-refractivity contribution in [1.82, 2.24) is 4.90 Å². The van der Waals surface area contributed by atoms with Crippen LogP contribution >= 0.6 is 11.8 Å². The maximum atomic E-state index is 11.4. The van der Waals surface area contributed by atoms with Gasteiger partial charge in [-0.15, -0.1) is 11.8 Å². The quantitative estimate of drug-likeness (QED) is 0.606. The topological polar surface area (TPSA) is 89.4 Å². The molecule has 0 amide bonds. The van der Waals surface area contributed by atoms with Crippen LogP contribution in [0.15, 0.2) is 28.0 Å². The Kier molecular flexibility index (Phi) is 4.81. The molecule has 1 aromatic carbocycles. The summed E-state index contributed by atoms with van der Waals surface area (Å²) >= 11 is 1.45. The van der Waals surface area contributed by atoms with Crippen LogP contribution in [0.1, 0.15) is 0 Å². The molecule has 0 radical (unpaired) electrons. The second-order valence-corrected chi connectivity index (χ2v) is 6.57. The summed E-state index contributed by atoms with van der Waals surface area (Å²) < 4.78 is 22.8. The molecular formula is C10H17N3O2S2. The Morgan fingerprint density at radius 2 is 2.00 bits per heavy atom. The highest BCUT2D eigenvalue weighted by Crippen LogP contribution is 2.27. The lowest BCUT2D eigenvalue weighted by atomic mass is 10.3.